The van der Waals surface area contributed by atoms with Crippen molar-refractivity contribution in [1.82, 2.24) is 4.98 Å². The number of halogens is 1. The lowest BCUT2D eigenvalue weighted by molar-refractivity contribution is -0.685. The second-order valence-corrected chi connectivity index (χ2v) is 6.97. The number of hydrogen-bond acceptors (Lipinski definition) is 4. The van der Waals surface area contributed by atoms with Crippen LogP contribution in [0.4, 0.5) is 0 Å². The Balaban J connectivity index is 1.65. The molecule has 4 nitrogen and oxygen atoms in total. The molecule has 0 fully saturated rings. The molecule has 0 aliphatic carbocycles. The van der Waals surface area contributed by atoms with Crippen LogP contribution in [-0.2, 0) is 19.7 Å². The number of methoxy groups -OCH3 is 1. The van der Waals surface area contributed by atoms with Gasteiger partial charge >= 0.3 is 0 Å². The standard InChI is InChI=1S/C19H19ClN2O2S/c1-23-18-9-15(11-22-12-16-5-3-7-25-16)8-17(20)19(18)24-13-14-4-2-6-21-10-14/h2-10,22H,11-13H2,1H3/p+1. The van der Waals surface area contributed by atoms with E-state index in [-0.39, 0.29) is 0 Å². The van der Waals surface area contributed by atoms with Crippen LogP contribution in [0.2, 0.25) is 5.02 Å². The van der Waals surface area contributed by atoms with Crippen LogP contribution in [-0.4, -0.2) is 12.1 Å². The number of nitrogens with two attached hydrogens (primary N) is 1. The highest BCUT2D eigenvalue weighted by Crippen LogP contribution is 2.36. The molecule has 0 aliphatic heterocycles. The number of hydrogen-bond donors (Lipinski definition) is 1. The van der Waals surface area contributed by atoms with Gasteiger partial charge in [0, 0.05) is 23.5 Å². The van der Waals surface area contributed by atoms with Crippen LogP contribution < -0.4 is 14.8 Å². The smallest absolute Gasteiger partial charge is 0.180 e. The average Bonchev–Trinajstić information content (AvgIpc) is 3.15. The van der Waals surface area contributed by atoms with E-state index in [9.17, 15) is 0 Å². The number of aromatic nitrogens is 1. The van der Waals surface area contributed by atoms with Gasteiger partial charge in [0.05, 0.1) is 17.0 Å². The number of thiophene rings is 1. The van der Waals surface area contributed by atoms with E-state index in [2.05, 4.69) is 27.8 Å². The van der Waals surface area contributed by atoms with Crippen molar-refractivity contribution in [2.24, 2.45) is 0 Å². The lowest BCUT2D eigenvalue weighted by atomic mass is 10.2. The van der Waals surface area contributed by atoms with Crippen molar-refractivity contribution < 1.29 is 14.8 Å². The van der Waals surface area contributed by atoms with Crippen LogP contribution in [0.5, 0.6) is 11.5 Å². The minimum Gasteiger partial charge on any atom is -0.493 e. The maximum absolute atomic E-state index is 6.43. The predicted octanol–water partition coefficient (Wildman–Crippen LogP) is 3.65. The summed E-state index contributed by atoms with van der Waals surface area (Å²) in [5, 5.41) is 4.90. The molecule has 1 aromatic carbocycles. The van der Waals surface area contributed by atoms with Crippen LogP contribution >= 0.6 is 22.9 Å². The van der Waals surface area contributed by atoms with Crippen molar-refractivity contribution in [3.05, 3.63) is 75.2 Å². The van der Waals surface area contributed by atoms with Crippen molar-refractivity contribution in [3.63, 3.8) is 0 Å². The Labute approximate surface area is 156 Å². The summed E-state index contributed by atoms with van der Waals surface area (Å²) in [5.74, 6) is 1.21. The Kier molecular flexibility index (Phi) is 6.28. The molecular weight excluding hydrogens is 356 g/mol. The molecule has 130 valence electrons. The Hall–Kier alpha value is -2.08. The van der Waals surface area contributed by atoms with Gasteiger partial charge in [-0.3, -0.25) is 4.98 Å². The van der Waals surface area contributed by atoms with Gasteiger partial charge in [-0.1, -0.05) is 23.7 Å². The number of nitrogens with zero attached hydrogens (tertiary/aromatic N) is 1. The molecule has 0 aliphatic rings. The molecule has 0 radical (unpaired) electrons. The Bertz CT molecular complexity index is 795. The first-order valence-electron chi connectivity index (χ1n) is 7.98. The Morgan fingerprint density at radius 3 is 2.80 bits per heavy atom. The van der Waals surface area contributed by atoms with Gasteiger partial charge in [-0.05, 0) is 29.6 Å². The highest BCUT2D eigenvalue weighted by Gasteiger charge is 2.13. The van der Waals surface area contributed by atoms with Gasteiger partial charge < -0.3 is 14.8 Å². The average molecular weight is 376 g/mol. The molecule has 2 aromatic heterocycles. The highest BCUT2D eigenvalue weighted by molar-refractivity contribution is 7.09. The predicted molar refractivity (Wildman–Crippen MR) is 100 cm³/mol. The second-order valence-electron chi connectivity index (χ2n) is 5.54. The summed E-state index contributed by atoms with van der Waals surface area (Å²) in [6.45, 7) is 2.18. The van der Waals surface area contributed by atoms with Crippen LogP contribution in [0.3, 0.4) is 0 Å². The first kappa shape index (κ1) is 17.7. The molecule has 0 amide bonds. The van der Waals surface area contributed by atoms with Gasteiger partial charge in [0.2, 0.25) is 0 Å². The number of rotatable bonds is 8. The summed E-state index contributed by atoms with van der Waals surface area (Å²) in [4.78, 5) is 5.44. The van der Waals surface area contributed by atoms with E-state index in [1.807, 2.05) is 24.3 Å². The summed E-state index contributed by atoms with van der Waals surface area (Å²) in [7, 11) is 1.63. The molecule has 0 unspecified atom stereocenters. The van der Waals surface area contributed by atoms with Gasteiger partial charge in [-0.15, -0.1) is 11.3 Å². The first-order chi connectivity index (χ1) is 12.3. The molecule has 2 N–H and O–H groups in total. The zero-order valence-corrected chi connectivity index (χ0v) is 15.5. The molecular formula is C19H20ClN2O2S+. The van der Waals surface area contributed by atoms with Gasteiger partial charge in [0.15, 0.2) is 11.5 Å². The van der Waals surface area contributed by atoms with E-state index in [0.29, 0.717) is 23.1 Å². The van der Waals surface area contributed by atoms with E-state index < -0.39 is 0 Å². The topological polar surface area (TPSA) is 48.0 Å². The summed E-state index contributed by atoms with van der Waals surface area (Å²) < 4.78 is 11.3. The fourth-order valence-corrected chi connectivity index (χ4v) is 3.47. The lowest BCUT2D eigenvalue weighted by Gasteiger charge is -2.14. The Morgan fingerprint density at radius 2 is 2.08 bits per heavy atom. The third kappa shape index (κ3) is 4.95. The van der Waals surface area contributed by atoms with Gasteiger partial charge in [0.1, 0.15) is 19.7 Å². The molecule has 0 bridgehead atoms. The van der Waals surface area contributed by atoms with E-state index in [0.717, 1.165) is 24.2 Å². The maximum Gasteiger partial charge on any atom is 0.180 e. The molecule has 2 heterocycles. The molecule has 25 heavy (non-hydrogen) atoms. The first-order valence-corrected chi connectivity index (χ1v) is 9.24. The summed E-state index contributed by atoms with van der Waals surface area (Å²) in [5.41, 5.74) is 2.08. The molecule has 0 saturated heterocycles. The van der Waals surface area contributed by atoms with Gasteiger partial charge in [-0.2, -0.15) is 0 Å². The Morgan fingerprint density at radius 1 is 1.16 bits per heavy atom. The van der Waals surface area contributed by atoms with E-state index >= 15 is 0 Å². The monoisotopic (exact) mass is 375 g/mol. The minimum atomic E-state index is 0.397. The fraction of sp³-hybridized carbons (Fsp3) is 0.211. The van der Waals surface area contributed by atoms with E-state index in [1.54, 1.807) is 30.8 Å². The third-order valence-electron chi connectivity index (χ3n) is 3.70. The number of quaternary nitrogens is 1. The van der Waals surface area contributed by atoms with Crippen molar-refractivity contribution in [1.29, 1.82) is 0 Å². The molecule has 3 aromatic rings. The SMILES string of the molecule is COc1cc(C[NH2+]Cc2cccs2)cc(Cl)c1OCc1cccnc1. The summed E-state index contributed by atoms with van der Waals surface area (Å²) in [6.07, 6.45) is 3.51. The van der Waals surface area contributed by atoms with E-state index in [1.165, 1.54) is 4.88 Å². The van der Waals surface area contributed by atoms with Crippen LogP contribution in [0.15, 0.2) is 54.2 Å². The molecule has 0 saturated carbocycles. The molecule has 0 spiro atoms. The zero-order chi connectivity index (χ0) is 17.5. The largest absolute Gasteiger partial charge is 0.493 e. The normalized spacial score (nSPS) is 10.6. The van der Waals surface area contributed by atoms with Crippen LogP contribution in [0.25, 0.3) is 0 Å². The number of benzene rings is 1. The highest BCUT2D eigenvalue weighted by atomic mass is 35.5. The van der Waals surface area contributed by atoms with Crippen molar-refractivity contribution in [2.75, 3.05) is 7.11 Å². The van der Waals surface area contributed by atoms with Crippen molar-refractivity contribution in [3.8, 4) is 11.5 Å². The summed E-state index contributed by atoms with van der Waals surface area (Å²) in [6, 6.07) is 12.0. The molecule has 0 atom stereocenters. The third-order valence-corrected chi connectivity index (χ3v) is 4.88. The lowest BCUT2D eigenvalue weighted by Crippen LogP contribution is -2.80. The quantitative estimate of drug-likeness (QED) is 0.653. The van der Waals surface area contributed by atoms with E-state index in [4.69, 9.17) is 21.1 Å². The molecule has 6 heteroatoms. The summed E-state index contributed by atoms with van der Waals surface area (Å²) >= 11 is 8.19. The number of pyridine rings is 1. The van der Waals surface area contributed by atoms with Crippen LogP contribution in [0, 0.1) is 0 Å². The minimum absolute atomic E-state index is 0.397. The fourth-order valence-electron chi connectivity index (χ4n) is 2.48. The molecule has 3 rings (SSSR count). The van der Waals surface area contributed by atoms with Crippen molar-refractivity contribution in [2.45, 2.75) is 19.7 Å². The van der Waals surface area contributed by atoms with Crippen molar-refractivity contribution >= 4 is 22.9 Å². The second kappa shape index (κ2) is 8.85. The zero-order valence-electron chi connectivity index (χ0n) is 13.9. The maximum atomic E-state index is 6.43. The number of ether oxygens (including phenoxy) is 2. The van der Waals surface area contributed by atoms with Crippen LogP contribution in [0.1, 0.15) is 16.0 Å². The van der Waals surface area contributed by atoms with Gasteiger partial charge in [0.25, 0.3) is 0 Å². The van der Waals surface area contributed by atoms with Gasteiger partial charge in [-0.25, -0.2) is 0 Å².